The fourth-order valence-electron chi connectivity index (χ4n) is 12.6. The topological polar surface area (TPSA) is 466 Å². The Morgan fingerprint density at radius 1 is 0.513 bits per heavy atom. The van der Waals surface area contributed by atoms with Crippen LogP contribution in [-0.2, 0) is 99.2 Å². The number of aliphatic hydroxyl groups is 1. The second-order valence-corrected chi connectivity index (χ2v) is 29.6. The van der Waals surface area contributed by atoms with Gasteiger partial charge in [-0.05, 0) is 139 Å². The van der Waals surface area contributed by atoms with Gasteiger partial charge in [0.2, 0.25) is 76.8 Å². The van der Waals surface area contributed by atoms with Crippen molar-refractivity contribution >= 4 is 117 Å². The lowest BCUT2D eigenvalue weighted by Gasteiger charge is -2.31. The molecule has 2 heterocycles. The molecule has 1 aliphatic heterocycles. The standard InChI is InChI=1S/C80H102ClN15O14.C2HF3O2/c1-46(2)37-63(72(102)89-62(18-11-12-35-84-47(3)4)80(110)96-36-14-19-70(96)79(109)85-48(5)71(82)101)90-74(104)66(40-53-23-30-60(31-24-53)86-49(6)98)92-76(106)67(41-54-25-32-61(33-26-54)87-50(7)99)94-78(108)69(45-97)95-77(107)68(43-56-15-13-34-83-44-56)93-75(105)65(39-52-21-28-59(81)29-22-52)91-73(103)64(88-51(8)100)42-55-20-27-57-16-9-10-17-58(57)38-55;3-2(4,5)1(6)7/h9-10,13,15-17,20-34,38,44,46-48,62-70,84,97H,11-12,14,18-19,35-37,39-43,45H2,1-8H3,(H2,82,101)(H,85,109)(H,86,98)(H,87,99)(H,88,100)(H,89,102)(H,90,104)(H,91,103)(H,92,106)(H,93,105)(H,94,108)(H,95,107);(H,6,7)/t48-,62+,63+,64-,65-,66-,67+,68-,69+,70+;/m1./s1. The molecule has 0 spiro atoms. The van der Waals surface area contributed by atoms with Gasteiger partial charge in [0.25, 0.3) is 0 Å². The Kier molecular flexibility index (Phi) is 36.9. The molecule has 35 heteroatoms. The highest BCUT2D eigenvalue weighted by atomic mass is 35.5. The van der Waals surface area contributed by atoms with E-state index in [0.29, 0.717) is 70.0 Å². The van der Waals surface area contributed by atoms with Crippen LogP contribution in [0.15, 0.2) is 140 Å². The van der Waals surface area contributed by atoms with Crippen LogP contribution in [0.5, 0.6) is 0 Å². The Bertz CT molecular complexity index is 4430. The highest BCUT2D eigenvalue weighted by Crippen LogP contribution is 2.24. The minimum Gasteiger partial charge on any atom is -0.475 e. The number of unbranched alkanes of at least 4 members (excludes halogenated alkanes) is 1. The van der Waals surface area contributed by atoms with Gasteiger partial charge in [-0.3, -0.25) is 67.3 Å². The number of fused-ring (bicyclic) bond motifs is 1. The van der Waals surface area contributed by atoms with Crippen LogP contribution in [0.25, 0.3) is 10.8 Å². The molecule has 1 aromatic heterocycles. The molecule has 1 saturated heterocycles. The van der Waals surface area contributed by atoms with Gasteiger partial charge < -0.3 is 84.6 Å². The van der Waals surface area contributed by atoms with Gasteiger partial charge >= 0.3 is 12.1 Å². The van der Waals surface area contributed by atoms with Crippen molar-refractivity contribution in [2.45, 2.75) is 199 Å². The lowest BCUT2D eigenvalue weighted by atomic mass is 9.99. The summed E-state index contributed by atoms with van der Waals surface area (Å²) in [4.78, 5) is 196. The van der Waals surface area contributed by atoms with E-state index in [0.717, 1.165) is 10.8 Å². The molecule has 0 radical (unpaired) electrons. The molecule has 630 valence electrons. The average molecular weight is 1650 g/mol. The third-order valence-corrected chi connectivity index (χ3v) is 18.8. The molecule has 7 rings (SSSR count). The zero-order chi connectivity index (χ0) is 86.2. The number of aromatic nitrogens is 1. The third kappa shape index (κ3) is 32.0. The summed E-state index contributed by atoms with van der Waals surface area (Å²) in [5, 5.41) is 53.6. The van der Waals surface area contributed by atoms with Crippen molar-refractivity contribution in [1.82, 2.24) is 63.1 Å². The number of nitrogens with zero attached hydrogens (tertiary/aromatic N) is 2. The van der Waals surface area contributed by atoms with E-state index in [2.05, 4.69) is 68.8 Å². The van der Waals surface area contributed by atoms with Crippen molar-refractivity contribution in [2.24, 2.45) is 11.7 Å². The largest absolute Gasteiger partial charge is 0.490 e. The number of halogens is 4. The maximum atomic E-state index is 15.3. The van der Waals surface area contributed by atoms with Crippen LogP contribution in [0.4, 0.5) is 24.5 Å². The Labute approximate surface area is 680 Å². The van der Waals surface area contributed by atoms with Crippen LogP contribution in [0, 0.1) is 5.92 Å². The van der Waals surface area contributed by atoms with Crippen LogP contribution in [-0.4, -0.2) is 195 Å². The first-order valence-electron chi connectivity index (χ1n) is 38.1. The van der Waals surface area contributed by atoms with E-state index in [1.165, 1.54) is 45.0 Å². The van der Waals surface area contributed by atoms with Crippen LogP contribution in [0.2, 0.25) is 5.02 Å². The van der Waals surface area contributed by atoms with E-state index in [1.807, 2.05) is 70.2 Å². The molecule has 0 unspecified atom stereocenters. The van der Waals surface area contributed by atoms with E-state index in [-0.39, 0.29) is 81.7 Å². The Morgan fingerprint density at radius 3 is 1.38 bits per heavy atom. The number of nitrogens with one attached hydrogen (secondary N) is 12. The van der Waals surface area contributed by atoms with Gasteiger partial charge in [-0.2, -0.15) is 13.2 Å². The zero-order valence-electron chi connectivity index (χ0n) is 66.2. The lowest BCUT2D eigenvalue weighted by molar-refractivity contribution is -0.192. The van der Waals surface area contributed by atoms with Crippen molar-refractivity contribution in [3.05, 3.63) is 173 Å². The lowest BCUT2D eigenvalue weighted by Crippen LogP contribution is -2.62. The summed E-state index contributed by atoms with van der Waals surface area (Å²) in [5.41, 5.74) is 8.80. The Hall–Kier alpha value is -11.9. The molecule has 1 aliphatic rings. The molecule has 16 N–H and O–H groups in total. The number of amides is 13. The molecule has 117 heavy (non-hydrogen) atoms. The van der Waals surface area contributed by atoms with Gasteiger partial charge in [-0.15, -0.1) is 0 Å². The summed E-state index contributed by atoms with van der Waals surface area (Å²) < 4.78 is 31.7. The predicted octanol–water partition coefficient (Wildman–Crippen LogP) is 4.04. The van der Waals surface area contributed by atoms with Crippen molar-refractivity contribution in [3.8, 4) is 0 Å². The van der Waals surface area contributed by atoms with Crippen molar-refractivity contribution < 1.29 is 90.5 Å². The number of hydrogen-bond acceptors (Lipinski definition) is 17. The summed E-state index contributed by atoms with van der Waals surface area (Å²) in [6, 6.07) is 21.9. The normalized spacial score (nSPS) is 14.8. The first-order valence-corrected chi connectivity index (χ1v) is 38.5. The van der Waals surface area contributed by atoms with Crippen LogP contribution in [0.3, 0.4) is 0 Å². The fraction of sp³-hybridized carbons (Fsp3) is 0.427. The molecule has 13 amide bonds. The van der Waals surface area contributed by atoms with E-state index < -0.39 is 144 Å². The summed E-state index contributed by atoms with van der Waals surface area (Å²) in [5.74, 6) is -12.5. The molecule has 10 atom stereocenters. The van der Waals surface area contributed by atoms with Crippen LogP contribution < -0.4 is 69.5 Å². The smallest absolute Gasteiger partial charge is 0.475 e. The highest BCUT2D eigenvalue weighted by molar-refractivity contribution is 6.30. The molecule has 5 aromatic carbocycles. The van der Waals surface area contributed by atoms with Gasteiger partial charge in [0.1, 0.15) is 60.4 Å². The molecule has 0 saturated carbocycles. The quantitative estimate of drug-likeness (QED) is 0.0241. The number of anilines is 2. The summed E-state index contributed by atoms with van der Waals surface area (Å²) in [7, 11) is 0. The number of carboxylic acids is 1. The highest BCUT2D eigenvalue weighted by Gasteiger charge is 2.41. The van der Waals surface area contributed by atoms with E-state index >= 15 is 9.59 Å². The SMILES string of the molecule is CC(=O)Nc1ccc(C[C@H](NC(=O)[C@H](CO)NC(=O)[C@@H](Cc2cccnc2)NC(=O)[C@@H](Cc2ccc(Cl)cc2)NC(=O)[C@@H](Cc2ccc3ccccc3c2)NC(C)=O)C(=O)N[C@H](Cc2ccc(NC(C)=O)cc2)C(=O)N[C@@H](CC(C)C)C(=O)N[C@@H](CCCCNC(C)C)C(=O)N2CCC[C@H]2C(=O)N[C@H](C)C(N)=O)cc1.O=C(O)C(F)(F)F. The molecular formula is C82H103ClF3N15O16. The number of pyridine rings is 1. The number of benzene rings is 5. The van der Waals surface area contributed by atoms with Crippen molar-refractivity contribution in [1.29, 1.82) is 0 Å². The van der Waals surface area contributed by atoms with E-state index in [9.17, 15) is 71.0 Å². The van der Waals surface area contributed by atoms with Gasteiger partial charge in [0, 0.05) is 94.3 Å². The molecule has 1 fully saturated rings. The summed E-state index contributed by atoms with van der Waals surface area (Å²) >= 11 is 6.26. The fourth-order valence-corrected chi connectivity index (χ4v) is 12.8. The van der Waals surface area contributed by atoms with Crippen molar-refractivity contribution in [2.75, 3.05) is 30.3 Å². The summed E-state index contributed by atoms with van der Waals surface area (Å²) in [6.45, 7) is 12.6. The van der Waals surface area contributed by atoms with Gasteiger partial charge in [0.15, 0.2) is 0 Å². The number of hydrogen-bond donors (Lipinski definition) is 15. The van der Waals surface area contributed by atoms with E-state index in [4.69, 9.17) is 27.2 Å². The number of rotatable bonds is 40. The number of primary amides is 1. The van der Waals surface area contributed by atoms with Gasteiger partial charge in [0.05, 0.1) is 6.61 Å². The second-order valence-electron chi connectivity index (χ2n) is 29.2. The second kappa shape index (κ2) is 46.0. The van der Waals surface area contributed by atoms with Crippen molar-refractivity contribution in [3.63, 3.8) is 0 Å². The Morgan fingerprint density at radius 2 is 0.940 bits per heavy atom. The summed E-state index contributed by atoms with van der Waals surface area (Å²) in [6.07, 6.45) is -1.15. The molecular weight excluding hydrogens is 1540 g/mol. The first-order chi connectivity index (χ1) is 55.3. The number of alkyl halides is 3. The number of carbonyl (C=O) groups is 14. The zero-order valence-corrected chi connectivity index (χ0v) is 67.0. The number of likely N-dealkylation sites (tertiary alicyclic amines) is 1. The molecule has 6 aromatic rings. The number of carboxylic acid groups (broad SMARTS) is 1. The minimum atomic E-state index is -5.08. The Balaban J connectivity index is 0.00000290. The maximum Gasteiger partial charge on any atom is 0.490 e. The number of carbonyl (C=O) groups excluding carboxylic acids is 13. The van der Waals surface area contributed by atoms with Crippen LogP contribution in [0.1, 0.15) is 122 Å². The van der Waals surface area contributed by atoms with Gasteiger partial charge in [-0.25, -0.2) is 4.79 Å². The maximum absolute atomic E-state index is 15.3. The first kappa shape index (κ1) is 93.9. The molecule has 0 aliphatic carbocycles. The number of nitrogens with two attached hydrogens (primary N) is 1. The van der Waals surface area contributed by atoms with Gasteiger partial charge in [-0.1, -0.05) is 124 Å². The number of aliphatic hydroxyl groups excluding tert-OH is 1. The van der Waals surface area contributed by atoms with E-state index in [1.54, 1.807) is 84.9 Å². The number of aliphatic carboxylic acids is 1. The van der Waals surface area contributed by atoms with Crippen LogP contribution >= 0.6 is 11.6 Å². The third-order valence-electron chi connectivity index (χ3n) is 18.5. The predicted molar refractivity (Wildman–Crippen MR) is 430 cm³/mol. The molecule has 0 bridgehead atoms. The molecule has 31 nitrogen and oxygen atoms in total. The minimum absolute atomic E-state index is 0.0189. The monoisotopic (exact) mass is 1650 g/mol. The average Bonchev–Trinajstić information content (AvgIpc) is 1.79.